The molecule has 144 valence electrons. The molecule has 28 heavy (non-hydrogen) atoms. The van der Waals surface area contributed by atoms with Crippen molar-refractivity contribution in [1.82, 2.24) is 19.8 Å². The Hall–Kier alpha value is -3.33. The number of hydrogen-bond donors (Lipinski definition) is 0. The topological polar surface area (TPSA) is 80.0 Å². The summed E-state index contributed by atoms with van der Waals surface area (Å²) < 4.78 is 23.4. The zero-order valence-electron chi connectivity index (χ0n) is 15.8. The molecule has 0 spiro atoms. The number of hydrogen-bond acceptors (Lipinski definition) is 8. The molecular weight excluding hydrogens is 380 g/mol. The lowest BCUT2D eigenvalue weighted by molar-refractivity contribution is 0.324. The molecule has 4 aromatic rings. The molecule has 0 bridgehead atoms. The van der Waals surface area contributed by atoms with Gasteiger partial charge in [-0.15, -0.1) is 10.2 Å². The van der Waals surface area contributed by atoms with Crippen LogP contribution in [0.25, 0.3) is 26.9 Å². The maximum Gasteiger partial charge on any atom is 0.235 e. The molecule has 0 atom stereocenters. The van der Waals surface area contributed by atoms with Crippen molar-refractivity contribution >= 4 is 16.3 Å². The third-order valence-corrected chi connectivity index (χ3v) is 5.20. The smallest absolute Gasteiger partial charge is 0.235 e. The lowest BCUT2D eigenvalue weighted by Crippen LogP contribution is -1.96. The van der Waals surface area contributed by atoms with Crippen molar-refractivity contribution in [1.29, 1.82) is 0 Å². The average Bonchev–Trinajstić information content (AvgIpc) is 3.33. The molecule has 2 heterocycles. The van der Waals surface area contributed by atoms with Gasteiger partial charge in [0.15, 0.2) is 17.3 Å². The summed E-state index contributed by atoms with van der Waals surface area (Å²) in [6.07, 6.45) is 0. The molecule has 0 aliphatic rings. The van der Waals surface area contributed by atoms with Crippen LogP contribution in [0.15, 0.2) is 36.4 Å². The quantitative estimate of drug-likeness (QED) is 0.491. The van der Waals surface area contributed by atoms with E-state index < -0.39 is 0 Å². The summed E-state index contributed by atoms with van der Waals surface area (Å²) in [7, 11) is 6.36. The number of ether oxygens (including phenoxy) is 4. The van der Waals surface area contributed by atoms with Crippen molar-refractivity contribution in [2.24, 2.45) is 0 Å². The van der Waals surface area contributed by atoms with Crippen LogP contribution in [0.5, 0.6) is 23.0 Å². The maximum absolute atomic E-state index is 5.44. The van der Waals surface area contributed by atoms with Crippen molar-refractivity contribution in [3.63, 3.8) is 0 Å². The molecule has 0 saturated carbocycles. The highest BCUT2D eigenvalue weighted by Gasteiger charge is 2.20. The van der Waals surface area contributed by atoms with Crippen LogP contribution < -0.4 is 18.9 Å². The molecule has 0 saturated heterocycles. The monoisotopic (exact) mass is 398 g/mol. The first-order valence-electron chi connectivity index (χ1n) is 8.36. The summed E-state index contributed by atoms with van der Waals surface area (Å²) in [4.78, 5) is 0.671. The van der Waals surface area contributed by atoms with E-state index in [1.807, 2.05) is 36.4 Å². The molecule has 0 unspecified atom stereocenters. The van der Waals surface area contributed by atoms with E-state index in [1.54, 1.807) is 33.0 Å². The van der Waals surface area contributed by atoms with Crippen LogP contribution >= 0.6 is 11.3 Å². The molecule has 2 aromatic heterocycles. The number of aromatic nitrogens is 4. The first kappa shape index (κ1) is 18.1. The van der Waals surface area contributed by atoms with Gasteiger partial charge in [0.05, 0.1) is 34.0 Å². The largest absolute Gasteiger partial charge is 0.496 e. The molecule has 0 aliphatic heterocycles. The first-order valence-corrected chi connectivity index (χ1v) is 9.17. The molecule has 4 rings (SSSR count). The third-order valence-electron chi connectivity index (χ3n) is 4.25. The second-order valence-electron chi connectivity index (χ2n) is 5.74. The van der Waals surface area contributed by atoms with E-state index in [0.29, 0.717) is 33.8 Å². The molecule has 0 aliphatic carbocycles. The Morgan fingerprint density at radius 2 is 1.50 bits per heavy atom. The second kappa shape index (κ2) is 7.35. The van der Waals surface area contributed by atoms with Crippen LogP contribution in [0.1, 0.15) is 0 Å². The molecule has 0 amide bonds. The van der Waals surface area contributed by atoms with E-state index in [2.05, 4.69) is 10.2 Å². The fourth-order valence-electron chi connectivity index (χ4n) is 2.94. The van der Waals surface area contributed by atoms with E-state index in [0.717, 1.165) is 16.1 Å². The Bertz CT molecular complexity index is 1110. The number of fused-ring (bicyclic) bond motifs is 1. The average molecular weight is 398 g/mol. The van der Waals surface area contributed by atoms with Crippen molar-refractivity contribution < 1.29 is 18.9 Å². The second-order valence-corrected chi connectivity index (χ2v) is 6.70. The molecule has 0 N–H and O–H groups in total. The highest BCUT2D eigenvalue weighted by molar-refractivity contribution is 7.19. The molecule has 2 aromatic carbocycles. The van der Waals surface area contributed by atoms with Gasteiger partial charge in [0, 0.05) is 5.56 Å². The van der Waals surface area contributed by atoms with Crippen molar-refractivity contribution in [3.05, 3.63) is 36.4 Å². The number of methoxy groups -OCH3 is 4. The van der Waals surface area contributed by atoms with Crippen LogP contribution in [0, 0.1) is 0 Å². The van der Waals surface area contributed by atoms with Crippen molar-refractivity contribution in [2.45, 2.75) is 0 Å². The van der Waals surface area contributed by atoms with E-state index in [1.165, 1.54) is 11.3 Å². The molecule has 0 radical (unpaired) electrons. The number of para-hydroxylation sites is 1. The minimum Gasteiger partial charge on any atom is -0.496 e. The standard InChI is InChI=1S/C19H18N4O4S/c1-24-13-8-6-5-7-12(13)17-20-21-19-23(17)22-18(28-19)11-9-14(25-2)16(27-4)15(10-11)26-3/h5-10H,1-4H3. The minimum atomic E-state index is 0.534. The summed E-state index contributed by atoms with van der Waals surface area (Å²) in [5, 5.41) is 14.0. The number of nitrogens with zero attached hydrogens (tertiary/aromatic N) is 4. The third kappa shape index (κ3) is 2.89. The Morgan fingerprint density at radius 1 is 0.821 bits per heavy atom. The molecule has 0 fully saturated rings. The highest BCUT2D eigenvalue weighted by Crippen LogP contribution is 2.42. The van der Waals surface area contributed by atoms with Gasteiger partial charge < -0.3 is 18.9 Å². The fraction of sp³-hybridized carbons (Fsp3) is 0.211. The van der Waals surface area contributed by atoms with Gasteiger partial charge in [-0.05, 0) is 24.3 Å². The van der Waals surface area contributed by atoms with Gasteiger partial charge in [-0.1, -0.05) is 23.5 Å². The van der Waals surface area contributed by atoms with Crippen molar-refractivity contribution in [3.8, 4) is 45.0 Å². The van der Waals surface area contributed by atoms with Gasteiger partial charge in [-0.25, -0.2) is 0 Å². The summed E-state index contributed by atoms with van der Waals surface area (Å²) in [6, 6.07) is 11.3. The molecule has 8 nitrogen and oxygen atoms in total. The minimum absolute atomic E-state index is 0.534. The zero-order chi connectivity index (χ0) is 19.7. The lowest BCUT2D eigenvalue weighted by Gasteiger charge is -2.13. The predicted molar refractivity (Wildman–Crippen MR) is 106 cm³/mol. The first-order chi connectivity index (χ1) is 13.7. The fourth-order valence-corrected chi connectivity index (χ4v) is 3.76. The SMILES string of the molecule is COc1ccccc1-c1nnc2sc(-c3cc(OC)c(OC)c(OC)c3)nn12. The van der Waals surface area contributed by atoms with E-state index in [9.17, 15) is 0 Å². The normalized spacial score (nSPS) is 10.9. The van der Waals surface area contributed by atoms with Crippen molar-refractivity contribution in [2.75, 3.05) is 28.4 Å². The molecule has 9 heteroatoms. The van der Waals surface area contributed by atoms with Gasteiger partial charge in [0.25, 0.3) is 0 Å². The summed E-state index contributed by atoms with van der Waals surface area (Å²) >= 11 is 1.42. The maximum atomic E-state index is 5.44. The Kier molecular flexibility index (Phi) is 4.74. The predicted octanol–water partition coefficient (Wildman–Crippen LogP) is 3.55. The van der Waals surface area contributed by atoms with Gasteiger partial charge in [0.2, 0.25) is 10.7 Å². The summed E-state index contributed by atoms with van der Waals surface area (Å²) in [5.74, 6) is 2.98. The van der Waals surface area contributed by atoms with Crippen LogP contribution in [-0.4, -0.2) is 48.3 Å². The number of benzene rings is 2. The van der Waals surface area contributed by atoms with Crippen LogP contribution in [0.3, 0.4) is 0 Å². The van der Waals surface area contributed by atoms with Crippen LogP contribution in [0.2, 0.25) is 0 Å². The van der Waals surface area contributed by atoms with E-state index >= 15 is 0 Å². The van der Waals surface area contributed by atoms with Gasteiger partial charge in [-0.2, -0.15) is 9.61 Å². The van der Waals surface area contributed by atoms with Gasteiger partial charge >= 0.3 is 0 Å². The Balaban J connectivity index is 1.85. The zero-order valence-corrected chi connectivity index (χ0v) is 16.6. The van der Waals surface area contributed by atoms with Gasteiger partial charge in [0.1, 0.15) is 10.8 Å². The van der Waals surface area contributed by atoms with E-state index in [4.69, 9.17) is 24.0 Å². The Labute approximate surface area is 165 Å². The summed E-state index contributed by atoms with van der Waals surface area (Å²) in [6.45, 7) is 0. The lowest BCUT2D eigenvalue weighted by atomic mass is 10.2. The highest BCUT2D eigenvalue weighted by atomic mass is 32.1. The molecular formula is C19H18N4O4S. The van der Waals surface area contributed by atoms with Gasteiger partial charge in [-0.3, -0.25) is 0 Å². The van der Waals surface area contributed by atoms with Crippen LogP contribution in [0.4, 0.5) is 0 Å². The Morgan fingerprint density at radius 3 is 2.14 bits per heavy atom. The van der Waals surface area contributed by atoms with Crippen LogP contribution in [-0.2, 0) is 0 Å². The summed E-state index contributed by atoms with van der Waals surface area (Å²) in [5.41, 5.74) is 1.65. The number of rotatable bonds is 6. The van der Waals surface area contributed by atoms with E-state index in [-0.39, 0.29) is 0 Å².